The van der Waals surface area contributed by atoms with Crippen molar-refractivity contribution in [3.63, 3.8) is 0 Å². The van der Waals surface area contributed by atoms with Crippen LogP contribution >= 0.6 is 11.8 Å². The first-order valence-electron chi connectivity index (χ1n) is 7.60. The van der Waals surface area contributed by atoms with Crippen LogP contribution in [0, 0.1) is 25.7 Å². The Morgan fingerprint density at radius 1 is 1.24 bits per heavy atom. The molecule has 2 rings (SSSR count). The molecule has 2 atom stereocenters. The molecule has 1 aromatic rings. The number of aromatic nitrogens is 2. The summed E-state index contributed by atoms with van der Waals surface area (Å²) in [5.74, 6) is 2.06. The maximum Gasteiger partial charge on any atom is 0.258 e. The zero-order valence-corrected chi connectivity index (χ0v) is 14.5. The van der Waals surface area contributed by atoms with Crippen molar-refractivity contribution in [3.8, 4) is 0 Å². The summed E-state index contributed by atoms with van der Waals surface area (Å²) < 4.78 is 0. The van der Waals surface area contributed by atoms with Crippen molar-refractivity contribution in [3.05, 3.63) is 17.1 Å². The lowest BCUT2D eigenvalue weighted by atomic mass is 9.97. The van der Waals surface area contributed by atoms with E-state index in [2.05, 4.69) is 23.8 Å². The highest BCUT2D eigenvalue weighted by Crippen LogP contribution is 2.26. The van der Waals surface area contributed by atoms with Gasteiger partial charge in [0.2, 0.25) is 0 Å². The number of nitrogens with zero attached hydrogens (tertiary/aromatic N) is 3. The molecule has 4 nitrogen and oxygen atoms in total. The third-order valence-electron chi connectivity index (χ3n) is 4.09. The van der Waals surface area contributed by atoms with Crippen LogP contribution in [0.4, 0.5) is 0 Å². The second kappa shape index (κ2) is 6.77. The summed E-state index contributed by atoms with van der Waals surface area (Å²) in [6.07, 6.45) is 4.24. The molecule has 5 heteroatoms. The van der Waals surface area contributed by atoms with Gasteiger partial charge < -0.3 is 4.90 Å². The molecule has 1 saturated heterocycles. The summed E-state index contributed by atoms with van der Waals surface area (Å²) in [6, 6.07) is 0. The fraction of sp³-hybridized carbons (Fsp3) is 0.688. The van der Waals surface area contributed by atoms with Gasteiger partial charge in [-0.05, 0) is 44.8 Å². The molecule has 0 spiro atoms. The number of amides is 1. The topological polar surface area (TPSA) is 46.1 Å². The lowest BCUT2D eigenvalue weighted by molar-refractivity contribution is 0.0738. The first-order valence-corrected chi connectivity index (χ1v) is 8.83. The highest BCUT2D eigenvalue weighted by molar-refractivity contribution is 7.98. The van der Waals surface area contributed by atoms with Gasteiger partial charge in [-0.15, -0.1) is 11.8 Å². The van der Waals surface area contributed by atoms with Crippen LogP contribution < -0.4 is 0 Å². The van der Waals surface area contributed by atoms with Crippen LogP contribution in [0.5, 0.6) is 0 Å². The normalized spacial score (nSPS) is 23.0. The maximum atomic E-state index is 12.9. The molecule has 116 valence electrons. The number of carbonyl (C=O) groups is 1. The smallest absolute Gasteiger partial charge is 0.258 e. The van der Waals surface area contributed by atoms with Gasteiger partial charge in [0.1, 0.15) is 10.9 Å². The second-order valence-electron chi connectivity index (χ2n) is 6.23. The molecule has 1 aliphatic heterocycles. The van der Waals surface area contributed by atoms with Crippen LogP contribution in [0.3, 0.4) is 0 Å². The number of hydrogen-bond acceptors (Lipinski definition) is 4. The van der Waals surface area contributed by atoms with E-state index in [0.717, 1.165) is 36.1 Å². The average Bonchev–Trinajstić information content (AvgIpc) is 2.57. The minimum atomic E-state index is 0.0952. The molecule has 0 radical (unpaired) electrons. The van der Waals surface area contributed by atoms with Crippen molar-refractivity contribution in [1.29, 1.82) is 0 Å². The van der Waals surface area contributed by atoms with E-state index < -0.39 is 0 Å². The van der Waals surface area contributed by atoms with Gasteiger partial charge in [0.05, 0.1) is 11.3 Å². The van der Waals surface area contributed by atoms with E-state index in [1.165, 1.54) is 18.2 Å². The predicted molar refractivity (Wildman–Crippen MR) is 86.8 cm³/mol. The molecule has 1 fully saturated rings. The van der Waals surface area contributed by atoms with E-state index >= 15 is 0 Å². The largest absolute Gasteiger partial charge is 0.338 e. The van der Waals surface area contributed by atoms with E-state index in [4.69, 9.17) is 0 Å². The monoisotopic (exact) mass is 307 g/mol. The fourth-order valence-corrected chi connectivity index (χ4v) is 3.80. The Kier molecular flexibility index (Phi) is 5.25. The first kappa shape index (κ1) is 16.3. The third kappa shape index (κ3) is 3.76. The molecule has 2 heterocycles. The highest BCUT2D eigenvalue weighted by atomic mass is 32.2. The quantitative estimate of drug-likeness (QED) is 0.621. The fourth-order valence-electron chi connectivity index (χ4n) is 3.14. The number of aryl methyl sites for hydroxylation is 2. The standard InChI is InChI=1S/C16H25N3OS/c1-10-6-7-19(9-11(2)8-10)16(20)14-12(3)17-13(4)18-15(14)21-5/h10-11H,6-9H2,1-5H3/t10-,11+/m1/s1. The van der Waals surface area contributed by atoms with Gasteiger partial charge in [0.15, 0.2) is 0 Å². The van der Waals surface area contributed by atoms with E-state index in [0.29, 0.717) is 17.4 Å². The van der Waals surface area contributed by atoms with Crippen molar-refractivity contribution in [2.24, 2.45) is 11.8 Å². The second-order valence-corrected chi connectivity index (χ2v) is 7.02. The molecule has 0 aromatic carbocycles. The first-order chi connectivity index (χ1) is 9.92. The molecule has 1 aromatic heterocycles. The van der Waals surface area contributed by atoms with Gasteiger partial charge in [0, 0.05) is 13.1 Å². The van der Waals surface area contributed by atoms with Crippen molar-refractivity contribution >= 4 is 17.7 Å². The lowest BCUT2D eigenvalue weighted by Crippen LogP contribution is -2.35. The Balaban J connectivity index is 2.31. The van der Waals surface area contributed by atoms with E-state index in [-0.39, 0.29) is 5.91 Å². The van der Waals surface area contributed by atoms with Gasteiger partial charge >= 0.3 is 0 Å². The molecule has 0 aliphatic carbocycles. The van der Waals surface area contributed by atoms with E-state index in [9.17, 15) is 4.79 Å². The Bertz CT molecular complexity index is 532. The maximum absolute atomic E-state index is 12.9. The Morgan fingerprint density at radius 2 is 1.95 bits per heavy atom. The van der Waals surface area contributed by atoms with Gasteiger partial charge in [-0.1, -0.05) is 13.8 Å². The number of hydrogen-bond donors (Lipinski definition) is 0. The van der Waals surface area contributed by atoms with Crippen molar-refractivity contribution in [2.75, 3.05) is 19.3 Å². The zero-order chi connectivity index (χ0) is 15.6. The van der Waals surface area contributed by atoms with Crippen LogP contribution in [-0.2, 0) is 0 Å². The Labute approximate surface area is 131 Å². The predicted octanol–water partition coefficient (Wildman–Crippen LogP) is 3.32. The van der Waals surface area contributed by atoms with Crippen LogP contribution in [0.2, 0.25) is 0 Å². The molecule has 0 N–H and O–H groups in total. The summed E-state index contributed by atoms with van der Waals surface area (Å²) in [6.45, 7) is 9.96. The van der Waals surface area contributed by atoms with Crippen LogP contribution in [0.15, 0.2) is 5.03 Å². The number of carbonyl (C=O) groups excluding carboxylic acids is 1. The summed E-state index contributed by atoms with van der Waals surface area (Å²) in [7, 11) is 0. The minimum Gasteiger partial charge on any atom is -0.338 e. The van der Waals surface area contributed by atoms with E-state index in [1.54, 1.807) is 0 Å². The van der Waals surface area contributed by atoms with Gasteiger partial charge in [-0.2, -0.15) is 0 Å². The highest BCUT2D eigenvalue weighted by Gasteiger charge is 2.27. The van der Waals surface area contributed by atoms with Crippen molar-refractivity contribution in [1.82, 2.24) is 14.9 Å². The third-order valence-corrected chi connectivity index (χ3v) is 4.77. The minimum absolute atomic E-state index is 0.0952. The SMILES string of the molecule is CSc1nc(C)nc(C)c1C(=O)N1CC[C@@H](C)C[C@H](C)C1. The molecular weight excluding hydrogens is 282 g/mol. The molecule has 0 unspecified atom stereocenters. The van der Waals surface area contributed by atoms with Crippen LogP contribution in [-0.4, -0.2) is 40.1 Å². The van der Waals surface area contributed by atoms with Crippen LogP contribution in [0.25, 0.3) is 0 Å². The Hall–Kier alpha value is -1.10. The molecule has 1 aliphatic rings. The van der Waals surface area contributed by atoms with Crippen molar-refractivity contribution in [2.45, 2.75) is 45.6 Å². The summed E-state index contributed by atoms with van der Waals surface area (Å²) in [5.41, 5.74) is 1.48. The molecule has 0 bridgehead atoms. The Morgan fingerprint density at radius 3 is 2.62 bits per heavy atom. The number of rotatable bonds is 2. The van der Waals surface area contributed by atoms with Gasteiger partial charge in [0.25, 0.3) is 5.91 Å². The summed E-state index contributed by atoms with van der Waals surface area (Å²) >= 11 is 1.52. The number of thioether (sulfide) groups is 1. The molecule has 0 saturated carbocycles. The van der Waals surface area contributed by atoms with Gasteiger partial charge in [-0.25, -0.2) is 9.97 Å². The average molecular weight is 307 g/mol. The van der Waals surface area contributed by atoms with Crippen LogP contribution in [0.1, 0.15) is 48.6 Å². The molecule has 21 heavy (non-hydrogen) atoms. The zero-order valence-electron chi connectivity index (χ0n) is 13.6. The molecular formula is C16H25N3OS. The van der Waals surface area contributed by atoms with E-state index in [1.807, 2.05) is 25.0 Å². The van der Waals surface area contributed by atoms with Gasteiger partial charge in [-0.3, -0.25) is 4.79 Å². The lowest BCUT2D eigenvalue weighted by Gasteiger charge is -2.24. The summed E-state index contributed by atoms with van der Waals surface area (Å²) in [4.78, 5) is 23.8. The molecule has 1 amide bonds. The summed E-state index contributed by atoms with van der Waals surface area (Å²) in [5, 5.41) is 0.801. The number of likely N-dealkylation sites (tertiary alicyclic amines) is 1. The van der Waals surface area contributed by atoms with Crippen molar-refractivity contribution < 1.29 is 4.79 Å².